The minimum absolute atomic E-state index is 0.0339. The summed E-state index contributed by atoms with van der Waals surface area (Å²) in [6.45, 7) is 3.79. The van der Waals surface area contributed by atoms with E-state index in [1.807, 2.05) is 50.2 Å². The maximum absolute atomic E-state index is 12.6. The van der Waals surface area contributed by atoms with Crippen LogP contribution in [0.1, 0.15) is 23.7 Å². The van der Waals surface area contributed by atoms with Crippen molar-refractivity contribution in [3.63, 3.8) is 0 Å². The van der Waals surface area contributed by atoms with Crippen LogP contribution in [0.5, 0.6) is 5.75 Å². The number of allylic oxidation sites excluding steroid dienone is 1. The Morgan fingerprint density at radius 2 is 2.03 bits per heavy atom. The van der Waals surface area contributed by atoms with Gasteiger partial charge in [-0.3, -0.25) is 14.9 Å². The molecule has 0 fully saturated rings. The van der Waals surface area contributed by atoms with Gasteiger partial charge in [-0.2, -0.15) is 0 Å². The molecule has 4 aromatic rings. The van der Waals surface area contributed by atoms with E-state index in [0.717, 1.165) is 38.8 Å². The van der Waals surface area contributed by atoms with Crippen molar-refractivity contribution >= 4 is 44.8 Å². The lowest BCUT2D eigenvalue weighted by Gasteiger charge is -2.13. The van der Waals surface area contributed by atoms with E-state index < -0.39 is 5.91 Å². The highest BCUT2D eigenvalue weighted by molar-refractivity contribution is 7.14. The molecule has 0 saturated heterocycles. The number of carbonyl (C=O) groups is 2. The summed E-state index contributed by atoms with van der Waals surface area (Å²) in [6, 6.07) is 12.0. The number of anilines is 1. The number of benzene rings is 2. The number of primary amides is 1. The standard InChI is InChI=1S/C25H23N3O4S/c1-14(9-22(30)28-25-27-17(13-33-25)10-21(26)29)18-11-19-20(16-7-5-4-6-8-16)12-32-24(19)15(2)23(18)31-3/h4-9,11-13H,10H2,1-3H3,(H2,26,29)(H,27,28,30)/b14-9+. The Bertz CT molecular complexity index is 1370. The van der Waals surface area contributed by atoms with Crippen LogP contribution in [0.2, 0.25) is 0 Å². The molecule has 0 aliphatic carbocycles. The average molecular weight is 462 g/mol. The number of aryl methyl sites for hydroxylation is 1. The molecule has 0 unspecified atom stereocenters. The molecule has 2 aromatic carbocycles. The summed E-state index contributed by atoms with van der Waals surface area (Å²) in [5.41, 5.74) is 10.9. The van der Waals surface area contributed by atoms with Crippen molar-refractivity contribution in [1.82, 2.24) is 4.98 Å². The van der Waals surface area contributed by atoms with Crippen LogP contribution in [0.3, 0.4) is 0 Å². The summed E-state index contributed by atoms with van der Waals surface area (Å²) < 4.78 is 11.6. The number of nitrogens with zero attached hydrogens (tertiary/aromatic N) is 1. The third-order valence-electron chi connectivity index (χ3n) is 5.24. The first kappa shape index (κ1) is 22.3. The molecule has 0 bridgehead atoms. The second-order valence-corrected chi connectivity index (χ2v) is 8.44. The first-order valence-electron chi connectivity index (χ1n) is 10.2. The maximum atomic E-state index is 12.6. The van der Waals surface area contributed by atoms with Gasteiger partial charge in [-0.15, -0.1) is 11.3 Å². The van der Waals surface area contributed by atoms with Crippen molar-refractivity contribution in [2.45, 2.75) is 20.3 Å². The summed E-state index contributed by atoms with van der Waals surface area (Å²) in [7, 11) is 1.60. The zero-order chi connectivity index (χ0) is 23.5. The summed E-state index contributed by atoms with van der Waals surface area (Å²) in [5, 5.41) is 5.78. The summed E-state index contributed by atoms with van der Waals surface area (Å²) in [4.78, 5) is 27.9. The minimum atomic E-state index is -0.471. The van der Waals surface area contributed by atoms with Crippen molar-refractivity contribution in [3.05, 3.63) is 70.9 Å². The molecular weight excluding hydrogens is 438 g/mol. The number of hydrogen-bond donors (Lipinski definition) is 2. The second kappa shape index (κ2) is 9.30. The fourth-order valence-electron chi connectivity index (χ4n) is 3.75. The molecule has 2 amide bonds. The van der Waals surface area contributed by atoms with E-state index in [-0.39, 0.29) is 12.3 Å². The monoisotopic (exact) mass is 461 g/mol. The fourth-order valence-corrected chi connectivity index (χ4v) is 4.47. The molecule has 33 heavy (non-hydrogen) atoms. The van der Waals surface area contributed by atoms with E-state index in [1.54, 1.807) is 18.8 Å². The molecular formula is C25H23N3O4S. The first-order valence-corrected chi connectivity index (χ1v) is 11.1. The zero-order valence-electron chi connectivity index (χ0n) is 18.5. The van der Waals surface area contributed by atoms with Crippen LogP contribution in [-0.2, 0) is 16.0 Å². The Balaban J connectivity index is 1.68. The fraction of sp³-hybridized carbons (Fsp3) is 0.160. The number of nitrogens with one attached hydrogen (secondary N) is 1. The number of rotatable bonds is 7. The smallest absolute Gasteiger partial charge is 0.250 e. The van der Waals surface area contributed by atoms with Crippen molar-refractivity contribution in [1.29, 1.82) is 0 Å². The average Bonchev–Trinajstić information content (AvgIpc) is 3.40. The highest BCUT2D eigenvalue weighted by atomic mass is 32.1. The van der Waals surface area contributed by atoms with Gasteiger partial charge in [0.05, 0.1) is 25.5 Å². The Hall–Kier alpha value is -3.91. The first-order chi connectivity index (χ1) is 15.9. The summed E-state index contributed by atoms with van der Waals surface area (Å²) in [5.74, 6) is -0.153. The van der Waals surface area contributed by atoms with Gasteiger partial charge in [0, 0.05) is 33.5 Å². The van der Waals surface area contributed by atoms with Gasteiger partial charge in [0.1, 0.15) is 11.3 Å². The maximum Gasteiger partial charge on any atom is 0.250 e. The van der Waals surface area contributed by atoms with Crippen LogP contribution in [0.25, 0.3) is 27.7 Å². The molecule has 0 atom stereocenters. The normalized spacial score (nSPS) is 11.5. The zero-order valence-corrected chi connectivity index (χ0v) is 19.3. The van der Waals surface area contributed by atoms with E-state index in [0.29, 0.717) is 16.6 Å². The van der Waals surface area contributed by atoms with Crippen molar-refractivity contribution in [3.8, 4) is 16.9 Å². The van der Waals surface area contributed by atoms with Gasteiger partial charge in [-0.1, -0.05) is 30.3 Å². The molecule has 8 heteroatoms. The van der Waals surface area contributed by atoms with Crippen molar-refractivity contribution < 1.29 is 18.7 Å². The largest absolute Gasteiger partial charge is 0.496 e. The van der Waals surface area contributed by atoms with Crippen LogP contribution in [0.4, 0.5) is 5.13 Å². The molecule has 0 radical (unpaired) electrons. The van der Waals surface area contributed by atoms with E-state index in [2.05, 4.69) is 10.3 Å². The Labute approximate surface area is 194 Å². The van der Waals surface area contributed by atoms with E-state index in [1.165, 1.54) is 17.4 Å². The van der Waals surface area contributed by atoms with Gasteiger partial charge in [-0.25, -0.2) is 4.98 Å². The number of methoxy groups -OCH3 is 1. The number of fused-ring (bicyclic) bond motifs is 1. The van der Waals surface area contributed by atoms with Gasteiger partial charge in [-0.05, 0) is 31.1 Å². The lowest BCUT2D eigenvalue weighted by atomic mass is 9.96. The molecule has 168 valence electrons. The third kappa shape index (κ3) is 4.65. The molecule has 0 saturated carbocycles. The minimum Gasteiger partial charge on any atom is -0.496 e. The van der Waals surface area contributed by atoms with Crippen LogP contribution >= 0.6 is 11.3 Å². The SMILES string of the molecule is COc1c(/C(C)=C/C(=O)Nc2nc(CC(N)=O)cs2)cc2c(-c3ccccc3)coc2c1C. The lowest BCUT2D eigenvalue weighted by Crippen LogP contribution is -2.14. The Kier molecular flexibility index (Phi) is 6.28. The summed E-state index contributed by atoms with van der Waals surface area (Å²) >= 11 is 1.24. The number of nitrogens with two attached hydrogens (primary N) is 1. The molecule has 3 N–H and O–H groups in total. The molecule has 2 heterocycles. The van der Waals surface area contributed by atoms with Crippen LogP contribution in [0.15, 0.2) is 58.5 Å². The molecule has 0 aliphatic rings. The number of furan rings is 1. The van der Waals surface area contributed by atoms with Gasteiger partial charge in [0.25, 0.3) is 0 Å². The number of hydrogen-bond acceptors (Lipinski definition) is 6. The van der Waals surface area contributed by atoms with E-state index >= 15 is 0 Å². The molecule has 4 rings (SSSR count). The highest BCUT2D eigenvalue weighted by Crippen LogP contribution is 2.40. The highest BCUT2D eigenvalue weighted by Gasteiger charge is 2.19. The van der Waals surface area contributed by atoms with Gasteiger partial charge in [0.15, 0.2) is 5.13 Å². The predicted molar refractivity (Wildman–Crippen MR) is 130 cm³/mol. The van der Waals surface area contributed by atoms with Gasteiger partial charge in [0.2, 0.25) is 11.8 Å². The molecule has 0 aliphatic heterocycles. The second-order valence-electron chi connectivity index (χ2n) is 7.58. The quantitative estimate of drug-likeness (QED) is 0.379. The molecule has 2 aromatic heterocycles. The van der Waals surface area contributed by atoms with E-state index in [9.17, 15) is 9.59 Å². The number of thiazole rings is 1. The topological polar surface area (TPSA) is 107 Å². The predicted octanol–water partition coefficient (Wildman–Crippen LogP) is 4.94. The van der Waals surface area contributed by atoms with Crippen LogP contribution in [-0.4, -0.2) is 23.9 Å². The number of ether oxygens (including phenoxy) is 1. The van der Waals surface area contributed by atoms with E-state index in [4.69, 9.17) is 14.9 Å². The summed E-state index contributed by atoms with van der Waals surface area (Å²) in [6.07, 6.45) is 3.28. The molecule has 7 nitrogen and oxygen atoms in total. The van der Waals surface area contributed by atoms with Gasteiger partial charge >= 0.3 is 0 Å². The van der Waals surface area contributed by atoms with Crippen LogP contribution in [0, 0.1) is 6.92 Å². The number of carbonyl (C=O) groups excluding carboxylic acids is 2. The Morgan fingerprint density at radius 1 is 1.27 bits per heavy atom. The molecule has 0 spiro atoms. The van der Waals surface area contributed by atoms with Gasteiger partial charge < -0.3 is 14.9 Å². The van der Waals surface area contributed by atoms with Crippen molar-refractivity contribution in [2.75, 3.05) is 12.4 Å². The van der Waals surface area contributed by atoms with Crippen molar-refractivity contribution in [2.24, 2.45) is 5.73 Å². The third-order valence-corrected chi connectivity index (χ3v) is 6.05. The lowest BCUT2D eigenvalue weighted by molar-refractivity contribution is -0.117. The Morgan fingerprint density at radius 3 is 2.73 bits per heavy atom. The number of amides is 2. The number of aromatic nitrogens is 1. The van der Waals surface area contributed by atoms with Crippen LogP contribution < -0.4 is 15.8 Å².